The first-order valence-electron chi connectivity index (χ1n) is 10.0. The maximum absolute atomic E-state index is 14.7. The molecule has 4 rings (SSSR count). The molecular weight excluding hydrogens is 459 g/mol. The molecule has 2 aromatic rings. The number of carbonyl (C=O) groups is 3. The number of aromatic nitrogens is 1. The number of Topliss-reactive ketones (excluding diaryl/α,β-unsaturated/α-hetero) is 1. The van der Waals surface area contributed by atoms with Crippen LogP contribution in [0.1, 0.15) is 37.0 Å². The fourth-order valence-electron chi connectivity index (χ4n) is 4.35. The van der Waals surface area contributed by atoms with Crippen molar-refractivity contribution in [2.45, 2.75) is 38.4 Å². The molecule has 33 heavy (non-hydrogen) atoms. The zero-order valence-corrected chi connectivity index (χ0v) is 18.4. The van der Waals surface area contributed by atoms with Gasteiger partial charge in [-0.2, -0.15) is 13.2 Å². The van der Waals surface area contributed by atoms with Crippen LogP contribution in [-0.4, -0.2) is 34.3 Å². The van der Waals surface area contributed by atoms with Crippen molar-refractivity contribution < 1.29 is 27.6 Å². The highest BCUT2D eigenvalue weighted by Crippen LogP contribution is 2.52. The van der Waals surface area contributed by atoms with Gasteiger partial charge < -0.3 is 5.32 Å². The highest BCUT2D eigenvalue weighted by molar-refractivity contribution is 6.30. The maximum Gasteiger partial charge on any atom is 0.425 e. The van der Waals surface area contributed by atoms with Gasteiger partial charge in [-0.05, 0) is 48.2 Å². The number of hydrogen-bond acceptors (Lipinski definition) is 4. The molecule has 2 aliphatic rings. The van der Waals surface area contributed by atoms with E-state index in [4.69, 9.17) is 11.6 Å². The van der Waals surface area contributed by atoms with Gasteiger partial charge in [-0.15, -0.1) is 0 Å². The number of rotatable bonds is 3. The summed E-state index contributed by atoms with van der Waals surface area (Å²) in [5.41, 5.74) is -5.09. The van der Waals surface area contributed by atoms with Crippen LogP contribution in [0.25, 0.3) is 0 Å². The molecule has 1 aliphatic carbocycles. The van der Waals surface area contributed by atoms with E-state index < -0.39 is 40.3 Å². The lowest BCUT2D eigenvalue weighted by Gasteiger charge is -2.35. The summed E-state index contributed by atoms with van der Waals surface area (Å²) in [6, 6.07) is 8.30. The second kappa shape index (κ2) is 7.69. The Morgan fingerprint density at radius 1 is 1.12 bits per heavy atom. The molecule has 1 aromatic heterocycles. The van der Waals surface area contributed by atoms with E-state index in [0.29, 0.717) is 5.02 Å². The number of alkyl halides is 3. The molecule has 0 radical (unpaired) electrons. The number of amides is 2. The summed E-state index contributed by atoms with van der Waals surface area (Å²) in [6.07, 6.45) is -3.03. The third kappa shape index (κ3) is 3.70. The van der Waals surface area contributed by atoms with Gasteiger partial charge in [0, 0.05) is 35.2 Å². The molecular formula is C23H19ClF3N3O3. The first-order valence-corrected chi connectivity index (χ1v) is 10.4. The lowest BCUT2D eigenvalue weighted by molar-refractivity contribution is -0.186. The highest BCUT2D eigenvalue weighted by Gasteiger charge is 2.72. The van der Waals surface area contributed by atoms with Crippen molar-refractivity contribution in [3.05, 3.63) is 70.6 Å². The summed E-state index contributed by atoms with van der Waals surface area (Å²) in [7, 11) is 0. The van der Waals surface area contributed by atoms with Gasteiger partial charge in [0.05, 0.1) is 11.1 Å². The van der Waals surface area contributed by atoms with Crippen molar-refractivity contribution in [3.8, 4) is 0 Å². The van der Waals surface area contributed by atoms with Gasteiger partial charge in [-0.3, -0.25) is 24.3 Å². The fraction of sp³-hybridized carbons (Fsp3) is 0.304. The first-order chi connectivity index (χ1) is 15.4. The van der Waals surface area contributed by atoms with Gasteiger partial charge in [0.15, 0.2) is 5.78 Å². The zero-order chi connectivity index (χ0) is 24.2. The quantitative estimate of drug-likeness (QED) is 0.708. The number of anilines is 1. The highest BCUT2D eigenvalue weighted by atomic mass is 35.5. The molecule has 2 amide bonds. The Morgan fingerprint density at radius 2 is 1.79 bits per heavy atom. The number of nitrogens with one attached hydrogen (secondary N) is 1. The van der Waals surface area contributed by atoms with E-state index in [1.54, 1.807) is 13.8 Å². The monoisotopic (exact) mass is 477 g/mol. The number of nitrogens with zero attached hydrogens (tertiary/aromatic N) is 2. The second-order valence-electron chi connectivity index (χ2n) is 8.82. The minimum Gasteiger partial charge on any atom is -0.326 e. The SMILES string of the molecule is CC1(C)CC(=O)C2=C(C1)N(c1ccc(Cl)cc1)C(=O)[C@@]2(NC(=O)c1cccnc1)C(F)(F)F. The molecule has 1 atom stereocenters. The van der Waals surface area contributed by atoms with Crippen molar-refractivity contribution in [2.24, 2.45) is 5.41 Å². The largest absolute Gasteiger partial charge is 0.425 e. The summed E-state index contributed by atoms with van der Waals surface area (Å²) in [6.45, 7) is 3.47. The van der Waals surface area contributed by atoms with E-state index in [-0.39, 0.29) is 29.8 Å². The molecule has 6 nitrogen and oxygen atoms in total. The normalized spacial score (nSPS) is 22.4. The third-order valence-corrected chi connectivity index (χ3v) is 6.01. The van der Waals surface area contributed by atoms with Crippen LogP contribution in [0, 0.1) is 5.41 Å². The van der Waals surface area contributed by atoms with Crippen LogP contribution in [0.15, 0.2) is 60.1 Å². The minimum atomic E-state index is -5.29. The molecule has 0 unspecified atom stereocenters. The van der Waals surface area contributed by atoms with Gasteiger partial charge >= 0.3 is 6.18 Å². The maximum atomic E-state index is 14.7. The Morgan fingerprint density at radius 3 is 2.36 bits per heavy atom. The molecule has 2 heterocycles. The smallest absolute Gasteiger partial charge is 0.326 e. The van der Waals surface area contributed by atoms with Gasteiger partial charge in [-0.1, -0.05) is 25.4 Å². The molecule has 0 saturated heterocycles. The summed E-state index contributed by atoms with van der Waals surface area (Å²) in [5.74, 6) is -3.48. The number of hydrogen-bond donors (Lipinski definition) is 1. The zero-order valence-electron chi connectivity index (χ0n) is 17.7. The minimum absolute atomic E-state index is 0.0308. The molecule has 172 valence electrons. The van der Waals surface area contributed by atoms with Gasteiger partial charge in [-0.25, -0.2) is 0 Å². The lowest BCUT2D eigenvalue weighted by atomic mass is 9.72. The Labute approximate surface area is 192 Å². The van der Waals surface area contributed by atoms with Crippen LogP contribution in [0.4, 0.5) is 18.9 Å². The van der Waals surface area contributed by atoms with Gasteiger partial charge in [0.25, 0.3) is 11.8 Å². The predicted molar refractivity (Wildman–Crippen MR) is 114 cm³/mol. The number of benzene rings is 1. The van der Waals surface area contributed by atoms with Crippen LogP contribution in [0.3, 0.4) is 0 Å². The fourth-order valence-corrected chi connectivity index (χ4v) is 4.48. The molecule has 10 heteroatoms. The molecule has 0 fully saturated rings. The van der Waals surface area contributed by atoms with Crippen LogP contribution in [0.5, 0.6) is 0 Å². The van der Waals surface area contributed by atoms with E-state index in [1.165, 1.54) is 42.6 Å². The average molecular weight is 478 g/mol. The summed E-state index contributed by atoms with van der Waals surface area (Å²) in [4.78, 5) is 44.2. The molecule has 0 bridgehead atoms. The van der Waals surface area contributed by atoms with E-state index in [9.17, 15) is 27.6 Å². The van der Waals surface area contributed by atoms with Crippen LogP contribution in [-0.2, 0) is 9.59 Å². The van der Waals surface area contributed by atoms with Crippen LogP contribution in [0.2, 0.25) is 5.02 Å². The van der Waals surface area contributed by atoms with Crippen molar-refractivity contribution in [1.29, 1.82) is 0 Å². The summed E-state index contributed by atoms with van der Waals surface area (Å²) in [5, 5.41) is 2.19. The van der Waals surface area contributed by atoms with Gasteiger partial charge in [0.1, 0.15) is 0 Å². The number of pyridine rings is 1. The molecule has 1 aromatic carbocycles. The van der Waals surface area contributed by atoms with E-state index in [0.717, 1.165) is 11.1 Å². The third-order valence-electron chi connectivity index (χ3n) is 5.76. The van der Waals surface area contributed by atoms with E-state index in [2.05, 4.69) is 4.98 Å². The van der Waals surface area contributed by atoms with Crippen molar-refractivity contribution in [2.75, 3.05) is 4.90 Å². The summed E-state index contributed by atoms with van der Waals surface area (Å²) < 4.78 is 44.2. The number of allylic oxidation sites excluding steroid dienone is 1. The number of halogens is 4. The molecule has 1 aliphatic heterocycles. The van der Waals surface area contributed by atoms with Crippen molar-refractivity contribution in [1.82, 2.24) is 10.3 Å². The van der Waals surface area contributed by atoms with Crippen molar-refractivity contribution >= 4 is 34.9 Å². The number of carbonyl (C=O) groups excluding carboxylic acids is 3. The standard InChI is InChI=1S/C23H19ClF3N3O3/c1-21(2)10-16-18(17(31)11-21)22(23(25,26)27,29-19(32)13-4-3-9-28-12-13)20(33)30(16)15-7-5-14(24)6-8-15/h3-9,12H,10-11H2,1-2H3,(H,29,32)/t22-/m1/s1. The molecule has 0 spiro atoms. The lowest BCUT2D eigenvalue weighted by Crippen LogP contribution is -2.66. The first kappa shape index (κ1) is 23.0. The Balaban J connectivity index is 1.94. The predicted octanol–water partition coefficient (Wildman–Crippen LogP) is 4.46. The van der Waals surface area contributed by atoms with E-state index >= 15 is 0 Å². The Bertz CT molecular complexity index is 1180. The van der Waals surface area contributed by atoms with Crippen molar-refractivity contribution in [3.63, 3.8) is 0 Å². The topological polar surface area (TPSA) is 79.4 Å². The molecule has 0 saturated carbocycles. The summed E-state index contributed by atoms with van der Waals surface area (Å²) >= 11 is 5.91. The Kier molecular flexibility index (Phi) is 5.35. The van der Waals surface area contributed by atoms with E-state index in [1.807, 2.05) is 5.32 Å². The second-order valence-corrected chi connectivity index (χ2v) is 9.26. The Hall–Kier alpha value is -3.20. The van der Waals surface area contributed by atoms with Gasteiger partial charge in [0.2, 0.25) is 5.54 Å². The van der Waals surface area contributed by atoms with Crippen LogP contribution < -0.4 is 10.2 Å². The number of ketones is 1. The average Bonchev–Trinajstić information content (AvgIpc) is 2.97. The van der Waals surface area contributed by atoms with Crippen LogP contribution >= 0.6 is 11.6 Å². The molecule has 1 N–H and O–H groups in total.